The Morgan fingerprint density at radius 1 is 1.26 bits per heavy atom. The van der Waals surface area contributed by atoms with Gasteiger partial charge in [0.25, 0.3) is 0 Å². The lowest BCUT2D eigenvalue weighted by molar-refractivity contribution is 0.623. The highest BCUT2D eigenvalue weighted by Gasteiger charge is 2.24. The third-order valence-electron chi connectivity index (χ3n) is 3.67. The van der Waals surface area contributed by atoms with E-state index in [1.165, 1.54) is 11.1 Å². The van der Waals surface area contributed by atoms with Crippen LogP contribution < -0.4 is 5.32 Å². The molecule has 1 nitrogen and oxygen atoms in total. The highest BCUT2D eigenvalue weighted by Crippen LogP contribution is 2.37. The normalized spacial score (nSPS) is 17.3. The fraction of sp³-hybridized carbons (Fsp3) is 0.250. The molecule has 0 spiro atoms. The van der Waals surface area contributed by atoms with E-state index in [1.54, 1.807) is 6.07 Å². The summed E-state index contributed by atoms with van der Waals surface area (Å²) in [5, 5.41) is 3.32. The van der Waals surface area contributed by atoms with Gasteiger partial charge in [0, 0.05) is 4.47 Å². The number of hydrogen-bond donors (Lipinski definition) is 1. The maximum absolute atomic E-state index is 13.9. The van der Waals surface area contributed by atoms with Gasteiger partial charge in [-0.3, -0.25) is 0 Å². The van der Waals surface area contributed by atoms with Gasteiger partial charge in [-0.1, -0.05) is 34.1 Å². The molecule has 0 saturated heterocycles. The molecule has 2 aromatic rings. The molecule has 1 aliphatic rings. The van der Waals surface area contributed by atoms with E-state index in [0.29, 0.717) is 5.69 Å². The Morgan fingerprint density at radius 3 is 2.89 bits per heavy atom. The van der Waals surface area contributed by atoms with Gasteiger partial charge in [0.05, 0.1) is 11.7 Å². The van der Waals surface area contributed by atoms with Gasteiger partial charge in [0.15, 0.2) is 0 Å². The summed E-state index contributed by atoms with van der Waals surface area (Å²) in [6.45, 7) is 1.90. The largest absolute Gasteiger partial charge is 0.376 e. The molecule has 3 heteroatoms. The second kappa shape index (κ2) is 4.97. The summed E-state index contributed by atoms with van der Waals surface area (Å²) in [5.41, 5.74) is 4.14. The van der Waals surface area contributed by atoms with Gasteiger partial charge in [-0.25, -0.2) is 4.39 Å². The molecule has 98 valence electrons. The lowest BCUT2D eigenvalue weighted by Gasteiger charge is -2.16. The van der Waals surface area contributed by atoms with Crippen LogP contribution in [-0.4, -0.2) is 0 Å². The molecule has 19 heavy (non-hydrogen) atoms. The standard InChI is InChI=1S/C16H15BrFN/c1-10-5-7-16(14(18)9-10)19-15-8-6-11-12(15)3-2-4-13(11)17/h2-5,7,9,15,19H,6,8H2,1H3. The number of fused-ring (bicyclic) bond motifs is 1. The maximum atomic E-state index is 13.9. The Morgan fingerprint density at radius 2 is 2.11 bits per heavy atom. The average Bonchev–Trinajstić information content (AvgIpc) is 2.78. The first-order valence-corrected chi connectivity index (χ1v) is 7.24. The predicted molar refractivity (Wildman–Crippen MR) is 80.0 cm³/mol. The fourth-order valence-electron chi connectivity index (χ4n) is 2.68. The van der Waals surface area contributed by atoms with Crippen LogP contribution in [0.3, 0.4) is 0 Å². The molecule has 0 saturated carbocycles. The lowest BCUT2D eigenvalue weighted by atomic mass is 10.1. The first kappa shape index (κ1) is 12.7. The van der Waals surface area contributed by atoms with Crippen LogP contribution in [0.5, 0.6) is 0 Å². The third kappa shape index (κ3) is 2.39. The number of halogens is 2. The van der Waals surface area contributed by atoms with Crippen molar-refractivity contribution in [2.75, 3.05) is 5.32 Å². The van der Waals surface area contributed by atoms with Gasteiger partial charge in [0.1, 0.15) is 5.82 Å². The number of nitrogens with one attached hydrogen (secondary N) is 1. The molecule has 1 aliphatic carbocycles. The summed E-state index contributed by atoms with van der Waals surface area (Å²) in [6.07, 6.45) is 2.03. The molecule has 0 aliphatic heterocycles. The minimum absolute atomic E-state index is 0.177. The van der Waals surface area contributed by atoms with Crippen LogP contribution >= 0.6 is 15.9 Å². The van der Waals surface area contributed by atoms with Crippen molar-refractivity contribution in [2.45, 2.75) is 25.8 Å². The summed E-state index contributed by atoms with van der Waals surface area (Å²) in [6, 6.07) is 11.7. The van der Waals surface area contributed by atoms with Crippen LogP contribution in [0.15, 0.2) is 40.9 Å². The zero-order chi connectivity index (χ0) is 13.4. The van der Waals surface area contributed by atoms with E-state index in [1.807, 2.05) is 25.1 Å². The minimum atomic E-state index is -0.177. The van der Waals surface area contributed by atoms with E-state index in [9.17, 15) is 4.39 Å². The van der Waals surface area contributed by atoms with Gasteiger partial charge in [-0.05, 0) is 54.7 Å². The Bertz CT molecular complexity index is 624. The molecule has 0 bridgehead atoms. The Kier molecular flexibility index (Phi) is 3.31. The van der Waals surface area contributed by atoms with Gasteiger partial charge in [-0.2, -0.15) is 0 Å². The van der Waals surface area contributed by atoms with Crippen molar-refractivity contribution in [1.82, 2.24) is 0 Å². The summed E-state index contributed by atoms with van der Waals surface area (Å²) in [5.74, 6) is -0.177. The van der Waals surface area contributed by atoms with E-state index in [-0.39, 0.29) is 11.9 Å². The Hall–Kier alpha value is -1.35. The number of benzene rings is 2. The minimum Gasteiger partial charge on any atom is -0.376 e. The Balaban J connectivity index is 1.89. The average molecular weight is 320 g/mol. The quantitative estimate of drug-likeness (QED) is 0.821. The van der Waals surface area contributed by atoms with Gasteiger partial charge in [-0.15, -0.1) is 0 Å². The highest BCUT2D eigenvalue weighted by molar-refractivity contribution is 9.10. The topological polar surface area (TPSA) is 12.0 Å². The van der Waals surface area contributed by atoms with Crippen molar-refractivity contribution in [3.8, 4) is 0 Å². The Labute approximate surface area is 121 Å². The molecule has 3 rings (SSSR count). The molecule has 0 radical (unpaired) electrons. The van der Waals surface area contributed by atoms with Crippen molar-refractivity contribution in [2.24, 2.45) is 0 Å². The molecular weight excluding hydrogens is 305 g/mol. The smallest absolute Gasteiger partial charge is 0.146 e. The second-order valence-electron chi connectivity index (χ2n) is 5.03. The van der Waals surface area contributed by atoms with Crippen LogP contribution in [0.2, 0.25) is 0 Å². The first-order chi connectivity index (χ1) is 9.15. The molecule has 2 aromatic carbocycles. The monoisotopic (exact) mass is 319 g/mol. The number of rotatable bonds is 2. The molecule has 0 heterocycles. The van der Waals surface area contributed by atoms with Crippen LogP contribution in [0, 0.1) is 12.7 Å². The number of aryl methyl sites for hydroxylation is 1. The highest BCUT2D eigenvalue weighted by atomic mass is 79.9. The van der Waals surface area contributed by atoms with E-state index < -0.39 is 0 Å². The summed E-state index contributed by atoms with van der Waals surface area (Å²) < 4.78 is 15.0. The predicted octanol–water partition coefficient (Wildman–Crippen LogP) is 5.00. The number of hydrogen-bond acceptors (Lipinski definition) is 1. The number of anilines is 1. The van der Waals surface area contributed by atoms with Crippen LogP contribution in [-0.2, 0) is 6.42 Å². The molecule has 0 aromatic heterocycles. The lowest BCUT2D eigenvalue weighted by Crippen LogP contribution is -2.08. The van der Waals surface area contributed by atoms with E-state index in [0.717, 1.165) is 22.9 Å². The van der Waals surface area contributed by atoms with Crippen LogP contribution in [0.25, 0.3) is 0 Å². The van der Waals surface area contributed by atoms with E-state index in [2.05, 4.69) is 33.4 Å². The molecule has 1 unspecified atom stereocenters. The first-order valence-electron chi connectivity index (χ1n) is 6.45. The van der Waals surface area contributed by atoms with Gasteiger partial charge in [0.2, 0.25) is 0 Å². The van der Waals surface area contributed by atoms with Crippen molar-refractivity contribution in [3.05, 3.63) is 63.4 Å². The van der Waals surface area contributed by atoms with Crippen molar-refractivity contribution in [3.63, 3.8) is 0 Å². The third-order valence-corrected chi connectivity index (χ3v) is 4.41. The SMILES string of the molecule is Cc1ccc(NC2CCc3c(Br)cccc32)c(F)c1. The molecule has 1 atom stereocenters. The molecular formula is C16H15BrFN. The summed E-state index contributed by atoms with van der Waals surface area (Å²) in [7, 11) is 0. The maximum Gasteiger partial charge on any atom is 0.146 e. The molecule has 1 N–H and O–H groups in total. The zero-order valence-electron chi connectivity index (χ0n) is 10.7. The van der Waals surface area contributed by atoms with Crippen LogP contribution in [0.1, 0.15) is 29.2 Å². The molecule has 0 amide bonds. The van der Waals surface area contributed by atoms with Gasteiger partial charge >= 0.3 is 0 Å². The van der Waals surface area contributed by atoms with Crippen molar-refractivity contribution < 1.29 is 4.39 Å². The summed E-state index contributed by atoms with van der Waals surface area (Å²) >= 11 is 3.58. The zero-order valence-corrected chi connectivity index (χ0v) is 12.3. The molecule has 0 fully saturated rings. The van der Waals surface area contributed by atoms with E-state index >= 15 is 0 Å². The van der Waals surface area contributed by atoms with Crippen molar-refractivity contribution >= 4 is 21.6 Å². The van der Waals surface area contributed by atoms with Crippen LogP contribution in [0.4, 0.5) is 10.1 Å². The van der Waals surface area contributed by atoms with E-state index in [4.69, 9.17) is 0 Å². The van der Waals surface area contributed by atoms with Crippen molar-refractivity contribution in [1.29, 1.82) is 0 Å². The second-order valence-corrected chi connectivity index (χ2v) is 5.88. The van der Waals surface area contributed by atoms with Gasteiger partial charge < -0.3 is 5.32 Å². The summed E-state index contributed by atoms with van der Waals surface area (Å²) in [4.78, 5) is 0. The fourth-order valence-corrected chi connectivity index (χ4v) is 3.26.